The van der Waals surface area contributed by atoms with Crippen molar-refractivity contribution in [3.8, 4) is 11.5 Å². The van der Waals surface area contributed by atoms with Crippen LogP contribution in [0.15, 0.2) is 12.1 Å². The van der Waals surface area contributed by atoms with Crippen LogP contribution in [0.2, 0.25) is 0 Å². The third kappa shape index (κ3) is 3.75. The number of rotatable bonds is 6. The molecule has 6 heteroatoms. The summed E-state index contributed by atoms with van der Waals surface area (Å²) in [6.07, 6.45) is 1.41. The van der Waals surface area contributed by atoms with Gasteiger partial charge >= 0.3 is 5.97 Å². The van der Waals surface area contributed by atoms with Crippen molar-refractivity contribution < 1.29 is 24.2 Å². The third-order valence-electron chi connectivity index (χ3n) is 4.29. The molecule has 1 aliphatic heterocycles. The molecule has 2 rings (SSSR count). The summed E-state index contributed by atoms with van der Waals surface area (Å²) in [5.74, 6) is 0.476. The van der Waals surface area contributed by atoms with Gasteiger partial charge < -0.3 is 19.5 Å². The number of amides is 1. The van der Waals surface area contributed by atoms with Gasteiger partial charge in [-0.2, -0.15) is 0 Å². The van der Waals surface area contributed by atoms with Gasteiger partial charge in [0.25, 0.3) is 0 Å². The fraction of sp³-hybridized carbons (Fsp3) is 0.529. The molecule has 1 heterocycles. The lowest BCUT2D eigenvalue weighted by molar-refractivity contribution is -0.137. The van der Waals surface area contributed by atoms with Gasteiger partial charge in [0.2, 0.25) is 5.91 Å². The largest absolute Gasteiger partial charge is 0.493 e. The van der Waals surface area contributed by atoms with Crippen LogP contribution in [0.3, 0.4) is 0 Å². The third-order valence-corrected chi connectivity index (χ3v) is 4.29. The smallest absolute Gasteiger partial charge is 0.303 e. The molecule has 0 bridgehead atoms. The van der Waals surface area contributed by atoms with Crippen molar-refractivity contribution in [1.29, 1.82) is 0 Å². The highest BCUT2D eigenvalue weighted by molar-refractivity contribution is 5.78. The van der Waals surface area contributed by atoms with Crippen molar-refractivity contribution in [2.45, 2.75) is 38.6 Å². The second kappa shape index (κ2) is 7.35. The lowest BCUT2D eigenvalue weighted by atomic mass is 9.92. The van der Waals surface area contributed by atoms with Crippen LogP contribution in [-0.4, -0.2) is 42.6 Å². The summed E-state index contributed by atoms with van der Waals surface area (Å²) in [7, 11) is 3.20. The minimum atomic E-state index is -0.869. The second-order valence-electron chi connectivity index (χ2n) is 5.67. The highest BCUT2D eigenvalue weighted by Crippen LogP contribution is 2.38. The number of ether oxygens (including phenoxy) is 2. The Morgan fingerprint density at radius 1 is 1.22 bits per heavy atom. The Balaban J connectivity index is 2.15. The summed E-state index contributed by atoms with van der Waals surface area (Å²) in [6, 6.07) is 3.84. The van der Waals surface area contributed by atoms with Gasteiger partial charge in [-0.3, -0.25) is 9.59 Å². The van der Waals surface area contributed by atoms with E-state index >= 15 is 0 Å². The van der Waals surface area contributed by atoms with E-state index in [1.807, 2.05) is 24.0 Å². The highest BCUT2D eigenvalue weighted by Gasteiger charge is 2.28. The van der Waals surface area contributed by atoms with Crippen molar-refractivity contribution in [3.05, 3.63) is 23.3 Å². The molecule has 6 nitrogen and oxygen atoms in total. The lowest BCUT2D eigenvalue weighted by Crippen LogP contribution is -2.38. The molecule has 1 aromatic carbocycles. The number of carbonyl (C=O) groups is 2. The molecule has 0 radical (unpaired) electrons. The van der Waals surface area contributed by atoms with Crippen molar-refractivity contribution in [1.82, 2.24) is 4.90 Å². The molecule has 1 aliphatic rings. The summed E-state index contributed by atoms with van der Waals surface area (Å²) in [4.78, 5) is 24.7. The predicted molar refractivity (Wildman–Crippen MR) is 84.9 cm³/mol. The number of hydrogen-bond donors (Lipinski definition) is 1. The maximum atomic E-state index is 12.4. The van der Waals surface area contributed by atoms with Crippen LogP contribution in [0.1, 0.15) is 43.4 Å². The summed E-state index contributed by atoms with van der Waals surface area (Å²) < 4.78 is 10.7. The van der Waals surface area contributed by atoms with E-state index in [1.165, 1.54) is 0 Å². The lowest BCUT2D eigenvalue weighted by Gasteiger charge is -2.36. The quantitative estimate of drug-likeness (QED) is 0.870. The van der Waals surface area contributed by atoms with E-state index in [9.17, 15) is 9.59 Å². The highest BCUT2D eigenvalue weighted by atomic mass is 16.5. The number of carbonyl (C=O) groups excluding carboxylic acids is 1. The summed E-state index contributed by atoms with van der Waals surface area (Å²) >= 11 is 0. The standard InChI is InChI=1S/C17H23NO5/c1-11-13-10-15(23-3)14(22-2)9-12(13)7-8-18(11)16(19)5-4-6-17(20)21/h9-11H,4-8H2,1-3H3,(H,20,21)/t11-/m1/s1. The summed E-state index contributed by atoms with van der Waals surface area (Å²) in [5.41, 5.74) is 2.21. The first-order chi connectivity index (χ1) is 11.0. The summed E-state index contributed by atoms with van der Waals surface area (Å²) in [5, 5.41) is 8.68. The zero-order chi connectivity index (χ0) is 17.0. The van der Waals surface area contributed by atoms with Crippen molar-refractivity contribution >= 4 is 11.9 Å². The van der Waals surface area contributed by atoms with E-state index in [-0.39, 0.29) is 24.8 Å². The van der Waals surface area contributed by atoms with E-state index < -0.39 is 5.97 Å². The zero-order valence-electron chi connectivity index (χ0n) is 13.8. The van der Waals surface area contributed by atoms with E-state index in [0.717, 1.165) is 17.5 Å². The van der Waals surface area contributed by atoms with Gasteiger partial charge in [-0.1, -0.05) is 0 Å². The number of carboxylic acids is 1. The number of methoxy groups -OCH3 is 2. The van der Waals surface area contributed by atoms with Crippen LogP contribution >= 0.6 is 0 Å². The first-order valence-corrected chi connectivity index (χ1v) is 7.74. The topological polar surface area (TPSA) is 76.1 Å². The predicted octanol–water partition coefficient (Wildman–Crippen LogP) is 2.40. The number of benzene rings is 1. The van der Waals surface area contributed by atoms with Gasteiger partial charge in [0.05, 0.1) is 20.3 Å². The van der Waals surface area contributed by atoms with E-state index in [4.69, 9.17) is 14.6 Å². The van der Waals surface area contributed by atoms with Crippen LogP contribution in [0.5, 0.6) is 11.5 Å². The first-order valence-electron chi connectivity index (χ1n) is 7.74. The Bertz CT molecular complexity index is 599. The summed E-state index contributed by atoms with van der Waals surface area (Å²) in [6.45, 7) is 2.62. The monoisotopic (exact) mass is 321 g/mol. The average Bonchev–Trinajstić information content (AvgIpc) is 2.53. The number of carboxylic acid groups (broad SMARTS) is 1. The molecule has 0 fully saturated rings. The zero-order valence-corrected chi connectivity index (χ0v) is 13.8. The Hall–Kier alpha value is -2.24. The molecule has 0 saturated carbocycles. The number of nitrogens with zero attached hydrogens (tertiary/aromatic N) is 1. The van der Waals surface area contributed by atoms with Crippen LogP contribution in [0.25, 0.3) is 0 Å². The number of fused-ring (bicyclic) bond motifs is 1. The van der Waals surface area contributed by atoms with Crippen LogP contribution in [0, 0.1) is 0 Å². The van der Waals surface area contributed by atoms with Gasteiger partial charge in [-0.25, -0.2) is 0 Å². The Labute approximate surface area is 136 Å². The molecule has 23 heavy (non-hydrogen) atoms. The molecule has 1 aromatic rings. The van der Waals surface area contributed by atoms with E-state index in [2.05, 4.69) is 0 Å². The minimum Gasteiger partial charge on any atom is -0.493 e. The Morgan fingerprint density at radius 2 is 1.87 bits per heavy atom. The molecule has 1 N–H and O–H groups in total. The number of hydrogen-bond acceptors (Lipinski definition) is 4. The molecule has 126 valence electrons. The van der Waals surface area contributed by atoms with Crippen molar-refractivity contribution in [2.75, 3.05) is 20.8 Å². The second-order valence-corrected chi connectivity index (χ2v) is 5.67. The molecule has 0 aromatic heterocycles. The molecule has 0 spiro atoms. The molecular weight excluding hydrogens is 298 g/mol. The molecule has 0 unspecified atom stereocenters. The van der Waals surface area contributed by atoms with Crippen molar-refractivity contribution in [2.24, 2.45) is 0 Å². The molecule has 1 amide bonds. The molecular formula is C17H23NO5. The van der Waals surface area contributed by atoms with Gasteiger partial charge in [0, 0.05) is 19.4 Å². The fourth-order valence-electron chi connectivity index (χ4n) is 3.02. The van der Waals surface area contributed by atoms with Gasteiger partial charge in [0.15, 0.2) is 11.5 Å². The Morgan fingerprint density at radius 3 is 2.48 bits per heavy atom. The first kappa shape index (κ1) is 17.1. The van der Waals surface area contributed by atoms with Gasteiger partial charge in [0.1, 0.15) is 0 Å². The number of aliphatic carboxylic acids is 1. The van der Waals surface area contributed by atoms with E-state index in [1.54, 1.807) is 14.2 Å². The van der Waals surface area contributed by atoms with Crippen LogP contribution in [-0.2, 0) is 16.0 Å². The maximum Gasteiger partial charge on any atom is 0.303 e. The normalized spacial score (nSPS) is 16.7. The molecule has 0 saturated heterocycles. The minimum absolute atomic E-state index is 0.000755. The van der Waals surface area contributed by atoms with Crippen LogP contribution in [0.4, 0.5) is 0 Å². The SMILES string of the molecule is COc1cc2c(cc1OC)[C@@H](C)N(C(=O)CCCC(=O)O)CC2. The van der Waals surface area contributed by atoms with Gasteiger partial charge in [-0.05, 0) is 43.0 Å². The van der Waals surface area contributed by atoms with E-state index in [0.29, 0.717) is 24.5 Å². The maximum absolute atomic E-state index is 12.4. The molecule has 1 atom stereocenters. The average molecular weight is 321 g/mol. The Kier molecular flexibility index (Phi) is 5.47. The van der Waals surface area contributed by atoms with Crippen LogP contribution < -0.4 is 9.47 Å². The molecule has 0 aliphatic carbocycles. The fourth-order valence-corrected chi connectivity index (χ4v) is 3.02. The van der Waals surface area contributed by atoms with Gasteiger partial charge in [-0.15, -0.1) is 0 Å². The van der Waals surface area contributed by atoms with Crippen molar-refractivity contribution in [3.63, 3.8) is 0 Å².